The van der Waals surface area contributed by atoms with Gasteiger partial charge in [0.25, 0.3) is 0 Å². The Balaban J connectivity index is 1.96. The summed E-state index contributed by atoms with van der Waals surface area (Å²) in [7, 11) is 0. The number of nitriles is 1. The van der Waals surface area contributed by atoms with E-state index in [1.165, 1.54) is 4.88 Å². The molecule has 0 fully saturated rings. The van der Waals surface area contributed by atoms with E-state index in [1.807, 2.05) is 22.9 Å². The molecule has 0 saturated heterocycles. The highest BCUT2D eigenvalue weighted by molar-refractivity contribution is 7.10. The van der Waals surface area contributed by atoms with Gasteiger partial charge in [-0.05, 0) is 17.5 Å². The highest BCUT2D eigenvalue weighted by Crippen LogP contribution is 2.17. The summed E-state index contributed by atoms with van der Waals surface area (Å²) in [5.41, 5.74) is 1.89. The molecular formula is C10H8N2S2. The third-order valence-corrected chi connectivity index (χ3v) is 3.39. The SMILES string of the molecule is N#Cc1csc(CNc2ccsc2)c1. The summed E-state index contributed by atoms with van der Waals surface area (Å²) in [6.45, 7) is 0.795. The summed E-state index contributed by atoms with van der Waals surface area (Å²) in [6, 6.07) is 6.09. The third-order valence-electron chi connectivity index (χ3n) is 1.77. The first kappa shape index (κ1) is 9.25. The van der Waals surface area contributed by atoms with Crippen LogP contribution in [0.3, 0.4) is 0 Å². The van der Waals surface area contributed by atoms with Crippen LogP contribution in [0.15, 0.2) is 28.3 Å². The lowest BCUT2D eigenvalue weighted by atomic mass is 10.3. The molecule has 2 heterocycles. The molecule has 2 aromatic rings. The monoisotopic (exact) mass is 220 g/mol. The van der Waals surface area contributed by atoms with E-state index in [2.05, 4.69) is 16.8 Å². The van der Waals surface area contributed by atoms with Gasteiger partial charge in [-0.1, -0.05) is 0 Å². The average molecular weight is 220 g/mol. The molecule has 4 heteroatoms. The molecule has 0 spiro atoms. The van der Waals surface area contributed by atoms with Gasteiger partial charge in [0.2, 0.25) is 0 Å². The zero-order valence-electron chi connectivity index (χ0n) is 7.36. The Labute approximate surface area is 90.4 Å². The van der Waals surface area contributed by atoms with Crippen molar-refractivity contribution in [2.45, 2.75) is 6.54 Å². The van der Waals surface area contributed by atoms with E-state index in [9.17, 15) is 0 Å². The van der Waals surface area contributed by atoms with Gasteiger partial charge in [0, 0.05) is 27.9 Å². The Morgan fingerprint density at radius 1 is 1.43 bits per heavy atom. The van der Waals surface area contributed by atoms with Crippen molar-refractivity contribution in [2.75, 3.05) is 5.32 Å². The number of hydrogen-bond acceptors (Lipinski definition) is 4. The van der Waals surface area contributed by atoms with Crippen molar-refractivity contribution >= 4 is 28.4 Å². The largest absolute Gasteiger partial charge is 0.379 e. The number of anilines is 1. The standard InChI is InChI=1S/C10H8N2S2/c11-4-8-3-10(14-6-8)5-12-9-1-2-13-7-9/h1-3,6-7,12H,5H2. The Morgan fingerprint density at radius 2 is 2.36 bits per heavy atom. The van der Waals surface area contributed by atoms with Gasteiger partial charge < -0.3 is 5.32 Å². The molecule has 1 N–H and O–H groups in total. The molecule has 0 aliphatic carbocycles. The van der Waals surface area contributed by atoms with Crippen molar-refractivity contribution < 1.29 is 0 Å². The number of nitrogens with one attached hydrogen (secondary N) is 1. The molecule has 70 valence electrons. The lowest BCUT2D eigenvalue weighted by molar-refractivity contribution is 1.20. The maximum Gasteiger partial charge on any atom is 0.100 e. The predicted octanol–water partition coefficient (Wildman–Crippen LogP) is 3.29. The predicted molar refractivity (Wildman–Crippen MR) is 60.7 cm³/mol. The van der Waals surface area contributed by atoms with Gasteiger partial charge in [-0.15, -0.1) is 11.3 Å². The Bertz CT molecular complexity index is 437. The fourth-order valence-corrected chi connectivity index (χ4v) is 2.45. The second-order valence-corrected chi connectivity index (χ2v) is 4.55. The summed E-state index contributed by atoms with van der Waals surface area (Å²) in [4.78, 5) is 1.19. The fourth-order valence-electron chi connectivity index (χ4n) is 1.09. The molecular weight excluding hydrogens is 212 g/mol. The van der Waals surface area contributed by atoms with Gasteiger partial charge in [-0.25, -0.2) is 0 Å². The van der Waals surface area contributed by atoms with Crippen LogP contribution in [-0.2, 0) is 6.54 Å². The van der Waals surface area contributed by atoms with Crippen LogP contribution >= 0.6 is 22.7 Å². The van der Waals surface area contributed by atoms with Gasteiger partial charge in [0.15, 0.2) is 0 Å². The maximum atomic E-state index is 8.64. The van der Waals surface area contributed by atoms with E-state index in [-0.39, 0.29) is 0 Å². The summed E-state index contributed by atoms with van der Waals surface area (Å²) >= 11 is 3.29. The molecule has 2 nitrogen and oxygen atoms in total. The molecule has 0 atom stereocenters. The van der Waals surface area contributed by atoms with Crippen molar-refractivity contribution in [3.05, 3.63) is 38.7 Å². The second kappa shape index (κ2) is 4.27. The van der Waals surface area contributed by atoms with Crippen molar-refractivity contribution in [1.82, 2.24) is 0 Å². The zero-order valence-corrected chi connectivity index (χ0v) is 8.99. The summed E-state index contributed by atoms with van der Waals surface area (Å²) in [5.74, 6) is 0. The first-order chi connectivity index (χ1) is 6.88. The molecule has 0 radical (unpaired) electrons. The van der Waals surface area contributed by atoms with E-state index in [0.29, 0.717) is 0 Å². The molecule has 0 aliphatic heterocycles. The van der Waals surface area contributed by atoms with E-state index in [4.69, 9.17) is 5.26 Å². The van der Waals surface area contributed by atoms with Gasteiger partial charge in [-0.2, -0.15) is 16.6 Å². The van der Waals surface area contributed by atoms with Crippen LogP contribution in [0.4, 0.5) is 5.69 Å². The lowest BCUT2D eigenvalue weighted by Crippen LogP contribution is -1.95. The highest BCUT2D eigenvalue weighted by Gasteiger charge is 1.98. The van der Waals surface area contributed by atoms with Crippen molar-refractivity contribution in [3.63, 3.8) is 0 Å². The van der Waals surface area contributed by atoms with Gasteiger partial charge in [0.1, 0.15) is 6.07 Å². The Hall–Kier alpha value is -1.31. The molecule has 0 unspecified atom stereocenters. The number of hydrogen-bond donors (Lipinski definition) is 1. The lowest BCUT2D eigenvalue weighted by Gasteiger charge is -1.99. The quantitative estimate of drug-likeness (QED) is 0.861. The molecule has 0 aromatic carbocycles. The summed E-state index contributed by atoms with van der Waals surface area (Å²) in [6.07, 6.45) is 0. The molecule has 14 heavy (non-hydrogen) atoms. The minimum Gasteiger partial charge on any atom is -0.379 e. The van der Waals surface area contributed by atoms with E-state index < -0.39 is 0 Å². The van der Waals surface area contributed by atoms with E-state index in [0.717, 1.165) is 17.8 Å². The van der Waals surface area contributed by atoms with Gasteiger partial charge in [0.05, 0.1) is 5.56 Å². The van der Waals surface area contributed by atoms with E-state index >= 15 is 0 Å². The van der Waals surface area contributed by atoms with Gasteiger partial charge >= 0.3 is 0 Å². The van der Waals surface area contributed by atoms with Crippen LogP contribution in [0.1, 0.15) is 10.4 Å². The van der Waals surface area contributed by atoms with Crippen molar-refractivity contribution in [2.24, 2.45) is 0 Å². The van der Waals surface area contributed by atoms with E-state index in [1.54, 1.807) is 22.7 Å². The summed E-state index contributed by atoms with van der Waals surface area (Å²) < 4.78 is 0. The Kier molecular flexibility index (Phi) is 2.82. The minimum absolute atomic E-state index is 0.747. The van der Waals surface area contributed by atoms with Crippen LogP contribution in [-0.4, -0.2) is 0 Å². The summed E-state index contributed by atoms with van der Waals surface area (Å²) in [5, 5.41) is 17.9. The smallest absolute Gasteiger partial charge is 0.100 e. The first-order valence-electron chi connectivity index (χ1n) is 4.12. The molecule has 2 rings (SSSR count). The minimum atomic E-state index is 0.747. The number of nitrogens with zero attached hydrogens (tertiary/aromatic N) is 1. The molecule has 0 bridgehead atoms. The topological polar surface area (TPSA) is 35.8 Å². The molecule has 2 aromatic heterocycles. The number of thiophene rings is 2. The van der Waals surface area contributed by atoms with Crippen LogP contribution < -0.4 is 5.32 Å². The fraction of sp³-hybridized carbons (Fsp3) is 0.100. The normalized spacial score (nSPS) is 9.64. The maximum absolute atomic E-state index is 8.64. The second-order valence-electron chi connectivity index (χ2n) is 2.78. The Morgan fingerprint density at radius 3 is 3.00 bits per heavy atom. The highest BCUT2D eigenvalue weighted by atomic mass is 32.1. The first-order valence-corrected chi connectivity index (χ1v) is 5.94. The van der Waals surface area contributed by atoms with Crippen molar-refractivity contribution in [1.29, 1.82) is 5.26 Å². The number of rotatable bonds is 3. The third kappa shape index (κ3) is 2.13. The van der Waals surface area contributed by atoms with Crippen LogP contribution in [0.5, 0.6) is 0 Å². The van der Waals surface area contributed by atoms with Crippen LogP contribution in [0.2, 0.25) is 0 Å². The van der Waals surface area contributed by atoms with Gasteiger partial charge in [-0.3, -0.25) is 0 Å². The van der Waals surface area contributed by atoms with Crippen molar-refractivity contribution in [3.8, 4) is 6.07 Å². The molecule has 0 aliphatic rings. The molecule has 0 amide bonds. The molecule has 0 saturated carbocycles. The van der Waals surface area contributed by atoms with Crippen LogP contribution in [0.25, 0.3) is 0 Å². The van der Waals surface area contributed by atoms with Crippen LogP contribution in [0, 0.1) is 11.3 Å². The zero-order chi connectivity index (χ0) is 9.80. The average Bonchev–Trinajstić information content (AvgIpc) is 2.86.